The lowest BCUT2D eigenvalue weighted by Gasteiger charge is -2.02. The van der Waals surface area contributed by atoms with Gasteiger partial charge in [0.25, 0.3) is 0 Å². The van der Waals surface area contributed by atoms with Crippen molar-refractivity contribution in [1.82, 2.24) is 10.8 Å². The summed E-state index contributed by atoms with van der Waals surface area (Å²) in [7, 11) is 2.52. The predicted molar refractivity (Wildman–Crippen MR) is 35.6 cm³/mol. The number of urea groups is 1. The first-order chi connectivity index (χ1) is 5.20. The van der Waals surface area contributed by atoms with Crippen molar-refractivity contribution in [3.8, 4) is 0 Å². The Morgan fingerprint density at radius 3 is 2.45 bits per heavy atom. The minimum atomic E-state index is -0.585. The third kappa shape index (κ3) is 5.16. The molecular formula is C5H10N2O4. The Morgan fingerprint density at radius 2 is 2.00 bits per heavy atom. The topological polar surface area (TPSA) is 76.7 Å². The van der Waals surface area contributed by atoms with E-state index in [-0.39, 0.29) is 6.54 Å². The highest BCUT2D eigenvalue weighted by atomic mass is 16.6. The van der Waals surface area contributed by atoms with Gasteiger partial charge in [0.1, 0.15) is 6.54 Å². The van der Waals surface area contributed by atoms with Crippen LogP contribution in [0, 0.1) is 0 Å². The van der Waals surface area contributed by atoms with Crippen LogP contribution in [0.5, 0.6) is 0 Å². The van der Waals surface area contributed by atoms with E-state index in [0.717, 1.165) is 0 Å². The minimum absolute atomic E-state index is 0.175. The number of ether oxygens (including phenoxy) is 1. The average molecular weight is 162 g/mol. The van der Waals surface area contributed by atoms with Crippen molar-refractivity contribution in [2.75, 3.05) is 20.8 Å². The number of carbonyl (C=O) groups excluding carboxylic acids is 2. The number of hydrogen-bond donors (Lipinski definition) is 2. The van der Waals surface area contributed by atoms with Crippen molar-refractivity contribution in [3.05, 3.63) is 0 Å². The Hall–Kier alpha value is -1.30. The van der Waals surface area contributed by atoms with Crippen molar-refractivity contribution in [2.45, 2.75) is 0 Å². The van der Waals surface area contributed by atoms with Gasteiger partial charge >= 0.3 is 12.0 Å². The van der Waals surface area contributed by atoms with E-state index >= 15 is 0 Å². The van der Waals surface area contributed by atoms with Gasteiger partial charge in [-0.2, -0.15) is 0 Å². The smallest absolute Gasteiger partial charge is 0.339 e. The Morgan fingerprint density at radius 1 is 1.36 bits per heavy atom. The second-order valence-electron chi connectivity index (χ2n) is 1.56. The molecule has 0 spiro atoms. The molecule has 0 aliphatic rings. The molecular weight excluding hydrogens is 152 g/mol. The van der Waals surface area contributed by atoms with Gasteiger partial charge in [-0.25, -0.2) is 10.3 Å². The van der Waals surface area contributed by atoms with Gasteiger partial charge in [-0.15, -0.1) is 0 Å². The van der Waals surface area contributed by atoms with Gasteiger partial charge in [-0.3, -0.25) is 9.63 Å². The van der Waals surface area contributed by atoms with Crippen molar-refractivity contribution in [1.29, 1.82) is 0 Å². The molecule has 0 aromatic rings. The highest BCUT2D eigenvalue weighted by Crippen LogP contribution is 1.70. The van der Waals surface area contributed by atoms with Crippen LogP contribution >= 0.6 is 0 Å². The lowest BCUT2D eigenvalue weighted by molar-refractivity contribution is -0.139. The van der Waals surface area contributed by atoms with Gasteiger partial charge in [0.15, 0.2) is 0 Å². The molecule has 0 rings (SSSR count). The van der Waals surface area contributed by atoms with Gasteiger partial charge in [0.2, 0.25) is 0 Å². The zero-order chi connectivity index (χ0) is 8.69. The summed E-state index contributed by atoms with van der Waals surface area (Å²) in [5.74, 6) is -0.517. The molecule has 0 radical (unpaired) electrons. The highest BCUT2D eigenvalue weighted by molar-refractivity contribution is 5.79. The predicted octanol–water partition coefficient (Wildman–Crippen LogP) is -0.980. The van der Waals surface area contributed by atoms with Crippen molar-refractivity contribution < 1.29 is 19.2 Å². The molecule has 0 aromatic carbocycles. The third-order valence-corrected chi connectivity index (χ3v) is 0.816. The van der Waals surface area contributed by atoms with Crippen LogP contribution in [0.4, 0.5) is 4.79 Å². The van der Waals surface area contributed by atoms with Crippen LogP contribution in [0.15, 0.2) is 0 Å². The Bertz CT molecular complexity index is 147. The van der Waals surface area contributed by atoms with Crippen LogP contribution in [-0.2, 0) is 14.4 Å². The molecule has 0 atom stereocenters. The lowest BCUT2D eigenvalue weighted by Crippen LogP contribution is -2.38. The molecule has 11 heavy (non-hydrogen) atoms. The van der Waals surface area contributed by atoms with Crippen LogP contribution in [0.3, 0.4) is 0 Å². The summed E-state index contributed by atoms with van der Waals surface area (Å²) in [6.07, 6.45) is 0. The molecule has 0 aliphatic carbocycles. The van der Waals surface area contributed by atoms with Gasteiger partial charge in [-0.05, 0) is 0 Å². The Balaban J connectivity index is 3.38. The first-order valence-corrected chi connectivity index (χ1v) is 2.84. The zero-order valence-electron chi connectivity index (χ0n) is 6.34. The van der Waals surface area contributed by atoms with Gasteiger partial charge < -0.3 is 10.1 Å². The van der Waals surface area contributed by atoms with E-state index < -0.39 is 12.0 Å². The standard InChI is InChI=1S/C5H10N2O4/c1-10-4(8)3-6-5(9)7-11-2/h3H2,1-2H3,(H2,6,7,9). The number of methoxy groups -OCH3 is 1. The molecule has 6 nitrogen and oxygen atoms in total. The van der Waals surface area contributed by atoms with Gasteiger partial charge in [-0.1, -0.05) is 0 Å². The van der Waals surface area contributed by atoms with E-state index in [1.165, 1.54) is 14.2 Å². The monoisotopic (exact) mass is 162 g/mol. The normalized spacial score (nSPS) is 8.55. The van der Waals surface area contributed by atoms with E-state index in [0.29, 0.717) is 0 Å². The quantitative estimate of drug-likeness (QED) is 0.413. The zero-order valence-corrected chi connectivity index (χ0v) is 6.34. The maximum Gasteiger partial charge on any atom is 0.339 e. The fraction of sp³-hybridized carbons (Fsp3) is 0.600. The van der Waals surface area contributed by atoms with Gasteiger partial charge in [0.05, 0.1) is 14.2 Å². The molecule has 0 aliphatic heterocycles. The van der Waals surface area contributed by atoms with E-state index in [4.69, 9.17) is 0 Å². The summed E-state index contributed by atoms with van der Waals surface area (Å²) in [6, 6.07) is -0.585. The van der Waals surface area contributed by atoms with E-state index in [1.54, 1.807) is 0 Å². The van der Waals surface area contributed by atoms with Crippen molar-refractivity contribution >= 4 is 12.0 Å². The number of hydrogen-bond acceptors (Lipinski definition) is 4. The highest BCUT2D eigenvalue weighted by Gasteiger charge is 2.02. The molecule has 2 amide bonds. The van der Waals surface area contributed by atoms with Crippen LogP contribution in [-0.4, -0.2) is 32.8 Å². The maximum atomic E-state index is 10.5. The Kier molecular flexibility index (Phi) is 4.83. The molecule has 64 valence electrons. The van der Waals surface area contributed by atoms with Crippen molar-refractivity contribution in [2.24, 2.45) is 0 Å². The number of rotatable bonds is 3. The molecule has 6 heteroatoms. The first-order valence-electron chi connectivity index (χ1n) is 2.84. The maximum absolute atomic E-state index is 10.5. The summed E-state index contributed by atoms with van der Waals surface area (Å²) in [5.41, 5.74) is 1.97. The summed E-state index contributed by atoms with van der Waals surface area (Å²) in [6.45, 7) is -0.175. The van der Waals surface area contributed by atoms with Gasteiger partial charge in [0, 0.05) is 0 Å². The van der Waals surface area contributed by atoms with Crippen LogP contribution in [0.2, 0.25) is 0 Å². The molecule has 0 saturated carbocycles. The van der Waals surface area contributed by atoms with E-state index in [9.17, 15) is 9.59 Å². The summed E-state index contributed by atoms with van der Waals surface area (Å²) in [5, 5.41) is 2.18. The average Bonchev–Trinajstić information content (AvgIpc) is 2.01. The van der Waals surface area contributed by atoms with E-state index in [1.807, 2.05) is 5.48 Å². The lowest BCUT2D eigenvalue weighted by atomic mass is 10.6. The fourth-order valence-electron chi connectivity index (χ4n) is 0.353. The second kappa shape index (κ2) is 5.48. The third-order valence-electron chi connectivity index (χ3n) is 0.816. The van der Waals surface area contributed by atoms with Crippen LogP contribution < -0.4 is 10.8 Å². The number of carbonyl (C=O) groups is 2. The van der Waals surface area contributed by atoms with Crippen LogP contribution in [0.1, 0.15) is 0 Å². The SMILES string of the molecule is CONC(=O)NCC(=O)OC. The number of amides is 2. The molecule has 0 fully saturated rings. The molecule has 0 bridgehead atoms. The number of esters is 1. The Labute approximate surface area is 63.8 Å². The molecule has 0 heterocycles. The van der Waals surface area contributed by atoms with E-state index in [2.05, 4.69) is 14.9 Å². The number of hydroxylamine groups is 1. The van der Waals surface area contributed by atoms with Crippen LogP contribution in [0.25, 0.3) is 0 Å². The molecule has 0 saturated heterocycles. The summed E-state index contributed by atoms with van der Waals surface area (Å²) >= 11 is 0. The van der Waals surface area contributed by atoms with Crippen molar-refractivity contribution in [3.63, 3.8) is 0 Å². The largest absolute Gasteiger partial charge is 0.468 e. The molecule has 0 unspecified atom stereocenters. The fourth-order valence-corrected chi connectivity index (χ4v) is 0.353. The summed E-state index contributed by atoms with van der Waals surface area (Å²) < 4.78 is 4.26. The number of nitrogens with one attached hydrogen (secondary N) is 2. The minimum Gasteiger partial charge on any atom is -0.468 e. The molecule has 2 N–H and O–H groups in total. The molecule has 0 aromatic heterocycles. The first kappa shape index (κ1) is 9.70. The summed E-state index contributed by atoms with van der Waals surface area (Å²) in [4.78, 5) is 25.2. The second-order valence-corrected chi connectivity index (χ2v) is 1.56.